The molecule has 0 bridgehead atoms. The first-order chi connectivity index (χ1) is 12.9. The van der Waals surface area contributed by atoms with Crippen molar-refractivity contribution in [3.05, 3.63) is 76.9 Å². The van der Waals surface area contributed by atoms with Gasteiger partial charge in [0, 0.05) is 31.6 Å². The van der Waals surface area contributed by atoms with Crippen LogP contribution in [0.25, 0.3) is 6.08 Å². The van der Waals surface area contributed by atoms with Gasteiger partial charge < -0.3 is 4.90 Å². The third kappa shape index (κ3) is 5.24. The minimum atomic E-state index is -3.53. The average molecular weight is 388 g/mol. The number of hydrogen-bond donors (Lipinski definition) is 0. The summed E-state index contributed by atoms with van der Waals surface area (Å²) in [6.07, 6.45) is 1.68. The third-order valence-corrected chi connectivity index (χ3v) is 5.99. The lowest BCUT2D eigenvalue weighted by molar-refractivity contribution is -0.131. The molecule has 3 rings (SSSR count). The van der Waals surface area contributed by atoms with Crippen LogP contribution in [0, 0.1) is 5.82 Å². The van der Waals surface area contributed by atoms with Crippen molar-refractivity contribution < 1.29 is 17.6 Å². The van der Waals surface area contributed by atoms with Crippen LogP contribution in [-0.2, 0) is 21.2 Å². The number of carbonyl (C=O) groups is 1. The Labute approximate surface area is 158 Å². The summed E-state index contributed by atoms with van der Waals surface area (Å²) in [5, 5.41) is 1.20. The smallest absolute Gasteiger partial charge is 0.236 e. The second-order valence-electron chi connectivity index (χ2n) is 6.34. The number of amides is 1. The van der Waals surface area contributed by atoms with Gasteiger partial charge in [-0.05, 0) is 29.3 Å². The zero-order chi connectivity index (χ0) is 19.3. The number of sulfonamides is 1. The van der Waals surface area contributed by atoms with Crippen molar-refractivity contribution in [2.45, 2.75) is 6.42 Å². The van der Waals surface area contributed by atoms with Gasteiger partial charge in [0.25, 0.3) is 0 Å². The van der Waals surface area contributed by atoms with Gasteiger partial charge in [0.15, 0.2) is 0 Å². The Balaban J connectivity index is 1.56. The summed E-state index contributed by atoms with van der Waals surface area (Å²) in [7, 11) is -3.53. The largest absolute Gasteiger partial charge is 0.340 e. The standard InChI is InChI=1S/C20H21FN2O3S/c21-19-8-4-7-18(15-19)16-20(24)22-10-12-23(13-11-22)27(25,26)14-9-17-5-2-1-3-6-17/h1-9,14-15H,10-13,16H2/b14-9+. The summed E-state index contributed by atoms with van der Waals surface area (Å²) in [6, 6.07) is 15.2. The van der Waals surface area contributed by atoms with Crippen molar-refractivity contribution in [3.63, 3.8) is 0 Å². The third-order valence-electron chi connectivity index (χ3n) is 4.43. The fourth-order valence-electron chi connectivity index (χ4n) is 2.94. The fourth-order valence-corrected chi connectivity index (χ4v) is 4.11. The summed E-state index contributed by atoms with van der Waals surface area (Å²) in [5.74, 6) is -0.501. The van der Waals surface area contributed by atoms with Crippen LogP contribution in [0.3, 0.4) is 0 Å². The molecule has 5 nitrogen and oxygen atoms in total. The molecule has 0 saturated carbocycles. The van der Waals surface area contributed by atoms with Gasteiger partial charge in [-0.25, -0.2) is 12.8 Å². The summed E-state index contributed by atoms with van der Waals surface area (Å²) in [4.78, 5) is 14.0. The van der Waals surface area contributed by atoms with Crippen molar-refractivity contribution in [1.82, 2.24) is 9.21 Å². The van der Waals surface area contributed by atoms with E-state index in [2.05, 4.69) is 0 Å². The van der Waals surface area contributed by atoms with E-state index in [-0.39, 0.29) is 31.2 Å². The second kappa shape index (κ2) is 8.45. The molecule has 0 N–H and O–H groups in total. The number of carbonyl (C=O) groups excluding carboxylic acids is 1. The van der Waals surface area contributed by atoms with Crippen LogP contribution < -0.4 is 0 Å². The van der Waals surface area contributed by atoms with E-state index < -0.39 is 10.0 Å². The summed E-state index contributed by atoms with van der Waals surface area (Å²) < 4.78 is 39.5. The maximum atomic E-state index is 13.2. The molecule has 142 valence electrons. The Bertz CT molecular complexity index is 921. The normalized spacial score (nSPS) is 16.0. The minimum Gasteiger partial charge on any atom is -0.340 e. The molecule has 0 aliphatic carbocycles. The summed E-state index contributed by atoms with van der Waals surface area (Å²) >= 11 is 0. The van der Waals surface area contributed by atoms with Crippen LogP contribution in [-0.4, -0.2) is 49.7 Å². The Morgan fingerprint density at radius 3 is 2.37 bits per heavy atom. The van der Waals surface area contributed by atoms with Crippen molar-refractivity contribution >= 4 is 22.0 Å². The molecule has 1 heterocycles. The Morgan fingerprint density at radius 2 is 1.70 bits per heavy atom. The molecule has 0 spiro atoms. The molecule has 1 aliphatic rings. The fraction of sp³-hybridized carbons (Fsp3) is 0.250. The lowest BCUT2D eigenvalue weighted by atomic mass is 10.1. The maximum absolute atomic E-state index is 13.2. The first-order valence-corrected chi connectivity index (χ1v) is 10.2. The predicted molar refractivity (Wildman–Crippen MR) is 103 cm³/mol. The maximum Gasteiger partial charge on any atom is 0.236 e. The molecule has 1 aliphatic heterocycles. The molecule has 1 fully saturated rings. The number of hydrogen-bond acceptors (Lipinski definition) is 3. The first kappa shape index (κ1) is 19.3. The second-order valence-corrected chi connectivity index (χ2v) is 8.16. The Morgan fingerprint density at radius 1 is 1.00 bits per heavy atom. The van der Waals surface area contributed by atoms with Crippen LogP contribution in [0.4, 0.5) is 4.39 Å². The molecular formula is C20H21FN2O3S. The molecular weight excluding hydrogens is 367 g/mol. The number of piperazine rings is 1. The molecule has 2 aromatic rings. The van der Waals surface area contributed by atoms with E-state index in [1.54, 1.807) is 23.1 Å². The van der Waals surface area contributed by atoms with E-state index >= 15 is 0 Å². The highest BCUT2D eigenvalue weighted by Gasteiger charge is 2.27. The van der Waals surface area contributed by atoms with Gasteiger partial charge in [0.05, 0.1) is 6.42 Å². The van der Waals surface area contributed by atoms with Crippen LogP contribution >= 0.6 is 0 Å². The number of rotatable bonds is 5. The molecule has 0 aromatic heterocycles. The van der Waals surface area contributed by atoms with E-state index in [1.807, 2.05) is 30.3 Å². The average Bonchev–Trinajstić information content (AvgIpc) is 2.67. The van der Waals surface area contributed by atoms with Gasteiger partial charge in [-0.2, -0.15) is 4.31 Å². The van der Waals surface area contributed by atoms with Crippen molar-refractivity contribution in [1.29, 1.82) is 0 Å². The lowest BCUT2D eigenvalue weighted by Gasteiger charge is -2.33. The first-order valence-electron chi connectivity index (χ1n) is 8.69. The van der Waals surface area contributed by atoms with Gasteiger partial charge in [0.1, 0.15) is 5.82 Å². The van der Waals surface area contributed by atoms with Gasteiger partial charge in [-0.3, -0.25) is 4.79 Å². The molecule has 7 heteroatoms. The van der Waals surface area contributed by atoms with Crippen LogP contribution in [0.5, 0.6) is 0 Å². The highest BCUT2D eigenvalue weighted by Crippen LogP contribution is 2.13. The zero-order valence-corrected chi connectivity index (χ0v) is 15.6. The quantitative estimate of drug-likeness (QED) is 0.791. The van der Waals surface area contributed by atoms with Crippen LogP contribution in [0.2, 0.25) is 0 Å². The number of benzene rings is 2. The molecule has 0 atom stereocenters. The molecule has 1 saturated heterocycles. The lowest BCUT2D eigenvalue weighted by Crippen LogP contribution is -2.50. The predicted octanol–water partition coefficient (Wildman–Crippen LogP) is 2.51. The van der Waals surface area contributed by atoms with Gasteiger partial charge in [-0.1, -0.05) is 42.5 Å². The molecule has 0 radical (unpaired) electrons. The van der Waals surface area contributed by atoms with E-state index in [0.717, 1.165) is 5.56 Å². The highest BCUT2D eigenvalue weighted by molar-refractivity contribution is 7.92. The van der Waals surface area contributed by atoms with Crippen LogP contribution in [0.1, 0.15) is 11.1 Å². The van der Waals surface area contributed by atoms with E-state index in [1.165, 1.54) is 21.8 Å². The highest BCUT2D eigenvalue weighted by atomic mass is 32.2. The number of halogens is 1. The summed E-state index contributed by atoms with van der Waals surface area (Å²) in [6.45, 7) is 1.14. The van der Waals surface area contributed by atoms with Crippen molar-refractivity contribution in [2.75, 3.05) is 26.2 Å². The van der Waals surface area contributed by atoms with Gasteiger partial charge >= 0.3 is 0 Å². The molecule has 0 unspecified atom stereocenters. The topological polar surface area (TPSA) is 57.7 Å². The SMILES string of the molecule is O=C(Cc1cccc(F)c1)N1CCN(S(=O)(=O)/C=C/c2ccccc2)CC1. The minimum absolute atomic E-state index is 0.110. The monoisotopic (exact) mass is 388 g/mol. The van der Waals surface area contributed by atoms with E-state index in [4.69, 9.17) is 0 Å². The Hall–Kier alpha value is -2.51. The van der Waals surface area contributed by atoms with Gasteiger partial charge in [-0.15, -0.1) is 0 Å². The molecule has 2 aromatic carbocycles. The van der Waals surface area contributed by atoms with E-state index in [9.17, 15) is 17.6 Å². The van der Waals surface area contributed by atoms with Gasteiger partial charge in [0.2, 0.25) is 15.9 Å². The number of nitrogens with zero attached hydrogens (tertiary/aromatic N) is 2. The molecule has 27 heavy (non-hydrogen) atoms. The zero-order valence-electron chi connectivity index (χ0n) is 14.8. The van der Waals surface area contributed by atoms with Crippen molar-refractivity contribution in [3.8, 4) is 0 Å². The van der Waals surface area contributed by atoms with E-state index in [0.29, 0.717) is 18.7 Å². The molecule has 1 amide bonds. The van der Waals surface area contributed by atoms with Crippen LogP contribution in [0.15, 0.2) is 60.0 Å². The van der Waals surface area contributed by atoms with Crippen molar-refractivity contribution in [2.24, 2.45) is 0 Å². The summed E-state index contributed by atoms with van der Waals surface area (Å²) in [5.41, 5.74) is 1.42. The Kier molecular flexibility index (Phi) is 6.03.